The van der Waals surface area contributed by atoms with Crippen molar-refractivity contribution in [1.29, 1.82) is 0 Å². The van der Waals surface area contributed by atoms with Crippen LogP contribution in [0.1, 0.15) is 0 Å². The lowest BCUT2D eigenvalue weighted by atomic mass is 10.0. The van der Waals surface area contributed by atoms with Crippen molar-refractivity contribution in [1.82, 2.24) is 0 Å². The molecule has 0 fully saturated rings. The van der Waals surface area contributed by atoms with Crippen LogP contribution in [0.4, 0.5) is 0 Å². The maximum atomic E-state index is 2.36. The fourth-order valence-corrected chi connectivity index (χ4v) is 12.9. The molecule has 4 aromatic heterocycles. The van der Waals surface area contributed by atoms with Gasteiger partial charge in [0.2, 0.25) is 0 Å². The van der Waals surface area contributed by atoms with Gasteiger partial charge in [-0.2, -0.15) is 0 Å². The van der Waals surface area contributed by atoms with Gasteiger partial charge in [0.05, 0.1) is 18.8 Å². The van der Waals surface area contributed by atoms with E-state index in [1.807, 2.05) is 45.3 Å². The Morgan fingerprint density at radius 2 is 0.558 bits per heavy atom. The number of benzene rings is 8. The summed E-state index contributed by atoms with van der Waals surface area (Å²) >= 11 is 7.70. The Balaban J connectivity index is 0.000000125. The topological polar surface area (TPSA) is 0 Å². The minimum absolute atomic E-state index is 1.28. The van der Waals surface area contributed by atoms with Crippen LogP contribution in [-0.4, -0.2) is 0 Å². The molecule has 0 atom stereocenters. The van der Waals surface area contributed by atoms with Gasteiger partial charge in [0.1, 0.15) is 0 Å². The summed E-state index contributed by atoms with van der Waals surface area (Å²) in [6.45, 7) is 0. The van der Waals surface area contributed by atoms with E-state index in [0.29, 0.717) is 0 Å². The standard InChI is InChI=1S/C26H16S2.C22H12S2/c1-3-7-17(8-4-1)19-11-13-21-23(15-19)27-26-22-14-12-20(16-24(22)28-25(21)26)18-9-5-2-6-10-18;1-3-7-15-11-19-17(9-13(15)5-1)21-22(23-19)18-10-14-6-2-4-8-16(14)12-20(18)24-21/h1-16H;1-12H. The molecular formula is C48H28S4. The van der Waals surface area contributed by atoms with Gasteiger partial charge < -0.3 is 0 Å². The highest BCUT2D eigenvalue weighted by atomic mass is 32.1. The van der Waals surface area contributed by atoms with E-state index in [1.165, 1.54) is 103 Å². The van der Waals surface area contributed by atoms with Gasteiger partial charge in [0.15, 0.2) is 0 Å². The summed E-state index contributed by atoms with van der Waals surface area (Å²) in [4.78, 5) is 0. The monoisotopic (exact) mass is 732 g/mol. The van der Waals surface area contributed by atoms with E-state index in [1.54, 1.807) is 0 Å². The van der Waals surface area contributed by atoms with Crippen LogP contribution in [0, 0.1) is 0 Å². The fourth-order valence-electron chi connectivity index (χ4n) is 7.51. The summed E-state index contributed by atoms with van der Waals surface area (Å²) in [7, 11) is 0. The van der Waals surface area contributed by atoms with E-state index in [9.17, 15) is 0 Å². The highest BCUT2D eigenvalue weighted by molar-refractivity contribution is 7.37. The molecule has 0 spiro atoms. The Morgan fingerprint density at radius 1 is 0.231 bits per heavy atom. The predicted octanol–water partition coefficient (Wildman–Crippen LogP) is 16.2. The summed E-state index contributed by atoms with van der Waals surface area (Å²) in [6.07, 6.45) is 0. The van der Waals surface area contributed by atoms with Gasteiger partial charge in [0, 0.05) is 40.3 Å². The van der Waals surface area contributed by atoms with Crippen molar-refractivity contribution < 1.29 is 0 Å². The van der Waals surface area contributed by atoms with Crippen LogP contribution in [-0.2, 0) is 0 Å². The van der Waals surface area contributed by atoms with Crippen LogP contribution in [0.3, 0.4) is 0 Å². The normalized spacial score (nSPS) is 11.8. The molecule has 0 saturated heterocycles. The van der Waals surface area contributed by atoms with Gasteiger partial charge in [-0.25, -0.2) is 0 Å². The molecule has 4 heteroatoms. The van der Waals surface area contributed by atoms with Gasteiger partial charge in [-0.3, -0.25) is 0 Å². The Labute approximate surface area is 316 Å². The number of hydrogen-bond donors (Lipinski definition) is 0. The van der Waals surface area contributed by atoms with Crippen molar-refractivity contribution in [2.75, 3.05) is 0 Å². The molecule has 0 unspecified atom stereocenters. The number of rotatable bonds is 2. The third kappa shape index (κ3) is 4.98. The van der Waals surface area contributed by atoms with Gasteiger partial charge >= 0.3 is 0 Å². The molecule has 0 aliphatic carbocycles. The van der Waals surface area contributed by atoms with Crippen LogP contribution < -0.4 is 0 Å². The minimum atomic E-state index is 1.28. The number of thiophene rings is 4. The molecule has 0 N–H and O–H groups in total. The molecule has 8 aromatic carbocycles. The molecule has 4 heterocycles. The van der Waals surface area contributed by atoms with Gasteiger partial charge in [-0.1, -0.05) is 133 Å². The molecule has 0 saturated carbocycles. The van der Waals surface area contributed by atoms with Crippen LogP contribution >= 0.6 is 45.3 Å². The second-order valence-corrected chi connectivity index (χ2v) is 17.5. The maximum Gasteiger partial charge on any atom is 0.0542 e. The number of hydrogen-bond acceptors (Lipinski definition) is 4. The van der Waals surface area contributed by atoms with E-state index in [4.69, 9.17) is 0 Å². The second-order valence-electron chi connectivity index (χ2n) is 13.3. The molecule has 0 amide bonds. The summed E-state index contributed by atoms with van der Waals surface area (Å²) < 4.78 is 11.2. The Bertz CT molecular complexity index is 3060. The summed E-state index contributed by atoms with van der Waals surface area (Å²) in [6, 6.07) is 61.7. The van der Waals surface area contributed by atoms with Crippen molar-refractivity contribution in [2.24, 2.45) is 0 Å². The van der Waals surface area contributed by atoms with E-state index in [2.05, 4.69) is 170 Å². The lowest BCUT2D eigenvalue weighted by molar-refractivity contribution is 1.66. The average Bonchev–Trinajstić information content (AvgIpc) is 3.94. The molecule has 0 aliphatic heterocycles. The zero-order valence-electron chi connectivity index (χ0n) is 27.8. The van der Waals surface area contributed by atoms with E-state index < -0.39 is 0 Å². The van der Waals surface area contributed by atoms with Crippen LogP contribution in [0.25, 0.3) is 103 Å². The first kappa shape index (κ1) is 30.3. The third-order valence-corrected chi connectivity index (χ3v) is 15.1. The largest absolute Gasteiger partial charge is 0.134 e. The quantitative estimate of drug-likeness (QED) is 0.166. The van der Waals surface area contributed by atoms with E-state index >= 15 is 0 Å². The van der Waals surface area contributed by atoms with Crippen molar-refractivity contribution in [3.05, 3.63) is 170 Å². The van der Waals surface area contributed by atoms with Crippen molar-refractivity contribution in [3.8, 4) is 22.3 Å². The number of fused-ring (bicyclic) bond motifs is 12. The van der Waals surface area contributed by atoms with Crippen LogP contribution in [0.2, 0.25) is 0 Å². The van der Waals surface area contributed by atoms with Crippen LogP contribution in [0.5, 0.6) is 0 Å². The molecule has 12 aromatic rings. The van der Waals surface area contributed by atoms with Crippen molar-refractivity contribution in [2.45, 2.75) is 0 Å². The lowest BCUT2D eigenvalue weighted by Gasteiger charge is -2.02. The summed E-state index contributed by atoms with van der Waals surface area (Å²) in [5.41, 5.74) is 5.13. The average molecular weight is 733 g/mol. The van der Waals surface area contributed by atoms with E-state index in [0.717, 1.165) is 0 Å². The zero-order valence-corrected chi connectivity index (χ0v) is 31.1. The van der Waals surface area contributed by atoms with Crippen LogP contribution in [0.15, 0.2) is 170 Å². The Morgan fingerprint density at radius 3 is 0.962 bits per heavy atom. The van der Waals surface area contributed by atoms with Gasteiger partial charge in [-0.15, -0.1) is 45.3 Å². The first-order valence-electron chi connectivity index (χ1n) is 17.4. The van der Waals surface area contributed by atoms with Gasteiger partial charge in [-0.05, 0) is 80.2 Å². The summed E-state index contributed by atoms with van der Waals surface area (Å²) in [5, 5.41) is 10.9. The van der Waals surface area contributed by atoms with Crippen molar-refractivity contribution >= 4 is 126 Å². The smallest absolute Gasteiger partial charge is 0.0542 e. The molecule has 0 nitrogen and oxygen atoms in total. The van der Waals surface area contributed by atoms with Crippen molar-refractivity contribution in [3.63, 3.8) is 0 Å². The molecule has 52 heavy (non-hydrogen) atoms. The summed E-state index contributed by atoms with van der Waals surface area (Å²) in [5.74, 6) is 0. The highest BCUT2D eigenvalue weighted by Crippen LogP contribution is 2.47. The fraction of sp³-hybridized carbons (Fsp3) is 0. The molecule has 0 aliphatic rings. The zero-order chi connectivity index (χ0) is 34.2. The molecule has 12 rings (SSSR count). The molecule has 0 bridgehead atoms. The first-order valence-corrected chi connectivity index (χ1v) is 20.7. The predicted molar refractivity (Wildman–Crippen MR) is 235 cm³/mol. The SMILES string of the molecule is c1ccc(-c2ccc3c(c2)sc2c4ccc(-c5ccccc5)cc4sc32)cc1.c1ccc2cc3c(cc2c1)sc1c2cc4ccccc4cc2sc31. The first-order chi connectivity index (χ1) is 25.7. The molecule has 244 valence electrons. The van der Waals surface area contributed by atoms with Gasteiger partial charge in [0.25, 0.3) is 0 Å². The molecular weight excluding hydrogens is 705 g/mol. The van der Waals surface area contributed by atoms with E-state index in [-0.39, 0.29) is 0 Å². The third-order valence-electron chi connectivity index (χ3n) is 10.1. The Hall–Kier alpha value is -5.36. The molecule has 0 radical (unpaired) electrons. The second kappa shape index (κ2) is 12.1. The minimum Gasteiger partial charge on any atom is -0.134 e. The maximum absolute atomic E-state index is 2.36. The lowest BCUT2D eigenvalue weighted by Crippen LogP contribution is -1.75. The Kier molecular flexibility index (Phi) is 7.06. The highest BCUT2D eigenvalue weighted by Gasteiger charge is 2.15.